The number of nitro benzene ring substituents is 1. The van der Waals surface area contributed by atoms with Crippen LogP contribution in [0.4, 0.5) is 25.8 Å². The van der Waals surface area contributed by atoms with E-state index in [2.05, 4.69) is 5.32 Å². The number of hydrogen-bond donors (Lipinski definition) is 1. The van der Waals surface area contributed by atoms with E-state index in [-0.39, 0.29) is 5.69 Å². The summed E-state index contributed by atoms with van der Waals surface area (Å²) < 4.78 is 26.6. The first-order valence-electron chi connectivity index (χ1n) is 5.44. The Bertz CT molecular complexity index is 624. The van der Waals surface area contributed by atoms with E-state index in [1.54, 1.807) is 13.0 Å². The third kappa shape index (κ3) is 2.85. The topological polar surface area (TPSA) is 55.2 Å². The fourth-order valence-corrected chi connectivity index (χ4v) is 1.77. The Morgan fingerprint density at radius 2 is 1.95 bits per heavy atom. The van der Waals surface area contributed by atoms with Crippen LogP contribution in [0.5, 0.6) is 0 Å². The van der Waals surface area contributed by atoms with Crippen molar-refractivity contribution in [1.82, 2.24) is 0 Å². The number of aryl methyl sites for hydroxylation is 1. The molecule has 0 spiro atoms. The molecule has 1 N–H and O–H groups in total. The summed E-state index contributed by atoms with van der Waals surface area (Å²) >= 11 is 0. The van der Waals surface area contributed by atoms with Crippen molar-refractivity contribution in [3.63, 3.8) is 0 Å². The maximum atomic E-state index is 13.4. The molecule has 0 amide bonds. The van der Waals surface area contributed by atoms with E-state index in [0.717, 1.165) is 6.07 Å². The number of benzene rings is 2. The molecule has 0 aliphatic carbocycles. The quantitative estimate of drug-likeness (QED) is 0.675. The zero-order valence-corrected chi connectivity index (χ0v) is 9.98. The van der Waals surface area contributed by atoms with Gasteiger partial charge in [0.05, 0.1) is 4.92 Å². The van der Waals surface area contributed by atoms with Gasteiger partial charge in [0.1, 0.15) is 11.5 Å². The van der Waals surface area contributed by atoms with Gasteiger partial charge in [-0.1, -0.05) is 6.07 Å². The standard InChI is InChI=1S/C13H10F2N2O2/c1-8-5-9(14)7-10(6-8)16-12-4-2-3-11(15)13(12)17(18)19/h2-7,16H,1H3. The summed E-state index contributed by atoms with van der Waals surface area (Å²) in [6.45, 7) is 1.69. The van der Waals surface area contributed by atoms with Gasteiger partial charge in [0.25, 0.3) is 0 Å². The van der Waals surface area contributed by atoms with E-state index in [9.17, 15) is 18.9 Å². The zero-order valence-electron chi connectivity index (χ0n) is 9.98. The van der Waals surface area contributed by atoms with Crippen molar-refractivity contribution in [1.29, 1.82) is 0 Å². The van der Waals surface area contributed by atoms with E-state index < -0.39 is 22.2 Å². The molecule has 0 heterocycles. The molecule has 0 saturated heterocycles. The molecular formula is C13H10F2N2O2. The molecule has 98 valence electrons. The summed E-state index contributed by atoms with van der Waals surface area (Å²) in [5.74, 6) is -1.41. The van der Waals surface area contributed by atoms with Crippen LogP contribution in [0, 0.1) is 28.7 Å². The van der Waals surface area contributed by atoms with Gasteiger partial charge in [-0.15, -0.1) is 0 Å². The van der Waals surface area contributed by atoms with E-state index in [0.29, 0.717) is 11.3 Å². The number of nitro groups is 1. The van der Waals surface area contributed by atoms with Crippen molar-refractivity contribution in [3.05, 3.63) is 63.7 Å². The molecular weight excluding hydrogens is 254 g/mol. The normalized spacial score (nSPS) is 10.3. The number of nitrogens with one attached hydrogen (secondary N) is 1. The van der Waals surface area contributed by atoms with Crippen LogP contribution in [0.2, 0.25) is 0 Å². The molecule has 0 bridgehead atoms. The second-order valence-corrected chi connectivity index (χ2v) is 4.04. The molecule has 0 aliphatic rings. The molecule has 19 heavy (non-hydrogen) atoms. The van der Waals surface area contributed by atoms with Crippen LogP contribution < -0.4 is 5.32 Å². The highest BCUT2D eigenvalue weighted by Gasteiger charge is 2.19. The van der Waals surface area contributed by atoms with Crippen molar-refractivity contribution in [2.45, 2.75) is 6.92 Å². The Morgan fingerprint density at radius 3 is 2.58 bits per heavy atom. The monoisotopic (exact) mass is 264 g/mol. The van der Waals surface area contributed by atoms with Gasteiger partial charge < -0.3 is 5.32 Å². The Balaban J connectivity index is 2.43. The SMILES string of the molecule is Cc1cc(F)cc(Nc2cccc(F)c2[N+](=O)[O-])c1. The van der Waals surface area contributed by atoms with Gasteiger partial charge in [-0.3, -0.25) is 10.1 Å². The third-order valence-electron chi connectivity index (χ3n) is 2.49. The molecule has 2 aromatic rings. The minimum atomic E-state index is -0.942. The second kappa shape index (κ2) is 5.01. The van der Waals surface area contributed by atoms with Crippen LogP contribution in [0.3, 0.4) is 0 Å². The maximum Gasteiger partial charge on any atom is 0.327 e. The predicted molar refractivity (Wildman–Crippen MR) is 67.5 cm³/mol. The molecule has 0 unspecified atom stereocenters. The van der Waals surface area contributed by atoms with Gasteiger partial charge in [-0.25, -0.2) is 4.39 Å². The summed E-state index contributed by atoms with van der Waals surface area (Å²) in [6.07, 6.45) is 0. The summed E-state index contributed by atoms with van der Waals surface area (Å²) in [7, 11) is 0. The second-order valence-electron chi connectivity index (χ2n) is 4.04. The number of anilines is 2. The lowest BCUT2D eigenvalue weighted by molar-refractivity contribution is -0.386. The number of hydrogen-bond acceptors (Lipinski definition) is 3. The Labute approximate surface area is 107 Å². The van der Waals surface area contributed by atoms with Crippen molar-refractivity contribution in [2.24, 2.45) is 0 Å². The predicted octanol–water partition coefficient (Wildman–Crippen LogP) is 3.93. The van der Waals surface area contributed by atoms with Crippen LogP contribution in [-0.2, 0) is 0 Å². The smallest absolute Gasteiger partial charge is 0.327 e. The molecule has 0 aromatic heterocycles. The number of rotatable bonds is 3. The van der Waals surface area contributed by atoms with Crippen LogP contribution in [0.15, 0.2) is 36.4 Å². The van der Waals surface area contributed by atoms with E-state index in [1.165, 1.54) is 24.3 Å². The molecule has 2 rings (SSSR count). The van der Waals surface area contributed by atoms with Gasteiger partial charge in [0.15, 0.2) is 0 Å². The minimum Gasteiger partial charge on any atom is -0.350 e. The van der Waals surface area contributed by atoms with Crippen LogP contribution in [0.25, 0.3) is 0 Å². The number of para-hydroxylation sites is 1. The minimum absolute atomic E-state index is 0.0185. The molecule has 0 atom stereocenters. The first-order valence-corrected chi connectivity index (χ1v) is 5.44. The molecule has 2 aromatic carbocycles. The summed E-state index contributed by atoms with van der Waals surface area (Å²) in [5.41, 5.74) is 0.298. The highest BCUT2D eigenvalue weighted by molar-refractivity contribution is 5.70. The molecule has 0 radical (unpaired) electrons. The van der Waals surface area contributed by atoms with Crippen LogP contribution in [-0.4, -0.2) is 4.92 Å². The average Bonchev–Trinajstić information content (AvgIpc) is 2.26. The molecule has 0 fully saturated rings. The van der Waals surface area contributed by atoms with Gasteiger partial charge in [-0.2, -0.15) is 4.39 Å². The highest BCUT2D eigenvalue weighted by atomic mass is 19.1. The maximum absolute atomic E-state index is 13.4. The molecule has 0 aliphatic heterocycles. The van der Waals surface area contributed by atoms with Gasteiger partial charge in [-0.05, 0) is 42.8 Å². The summed E-state index contributed by atoms with van der Waals surface area (Å²) in [6, 6.07) is 7.82. The van der Waals surface area contributed by atoms with E-state index >= 15 is 0 Å². The molecule has 6 heteroatoms. The largest absolute Gasteiger partial charge is 0.350 e. The van der Waals surface area contributed by atoms with Gasteiger partial charge in [0.2, 0.25) is 5.82 Å². The zero-order chi connectivity index (χ0) is 14.0. The van der Waals surface area contributed by atoms with Crippen LogP contribution in [0.1, 0.15) is 5.56 Å². The number of halogens is 2. The average molecular weight is 264 g/mol. The van der Waals surface area contributed by atoms with Gasteiger partial charge >= 0.3 is 5.69 Å². The van der Waals surface area contributed by atoms with Crippen molar-refractivity contribution in [3.8, 4) is 0 Å². The molecule has 4 nitrogen and oxygen atoms in total. The highest BCUT2D eigenvalue weighted by Crippen LogP contribution is 2.30. The Morgan fingerprint density at radius 1 is 1.21 bits per heavy atom. The molecule has 0 saturated carbocycles. The van der Waals surface area contributed by atoms with E-state index in [1.807, 2.05) is 0 Å². The van der Waals surface area contributed by atoms with Crippen molar-refractivity contribution < 1.29 is 13.7 Å². The fraction of sp³-hybridized carbons (Fsp3) is 0.0769. The Hall–Kier alpha value is -2.50. The summed E-state index contributed by atoms with van der Waals surface area (Å²) in [4.78, 5) is 10.0. The first kappa shape index (κ1) is 12.9. The van der Waals surface area contributed by atoms with Gasteiger partial charge in [0, 0.05) is 5.69 Å². The van der Waals surface area contributed by atoms with Crippen molar-refractivity contribution >= 4 is 17.1 Å². The fourth-order valence-electron chi connectivity index (χ4n) is 1.77. The third-order valence-corrected chi connectivity index (χ3v) is 2.49. The van der Waals surface area contributed by atoms with Crippen molar-refractivity contribution in [2.75, 3.05) is 5.32 Å². The van der Waals surface area contributed by atoms with E-state index in [4.69, 9.17) is 0 Å². The summed E-state index contributed by atoms with van der Waals surface area (Å²) in [5, 5.41) is 13.5. The lowest BCUT2D eigenvalue weighted by atomic mass is 10.2. The van der Waals surface area contributed by atoms with Crippen LogP contribution >= 0.6 is 0 Å². The Kier molecular flexibility index (Phi) is 3.41. The first-order chi connectivity index (χ1) is 8.97. The number of nitrogens with zero attached hydrogens (tertiary/aromatic N) is 1. The lowest BCUT2D eigenvalue weighted by Gasteiger charge is -2.08. The lowest BCUT2D eigenvalue weighted by Crippen LogP contribution is -2.00.